The first-order valence-electron chi connectivity index (χ1n) is 13.8. The number of rotatable bonds is 5. The van der Waals surface area contributed by atoms with Crippen LogP contribution in [0.5, 0.6) is 0 Å². The largest absolute Gasteiger partial charge is 0.347 e. The molecule has 0 unspecified atom stereocenters. The van der Waals surface area contributed by atoms with Gasteiger partial charge >= 0.3 is 0 Å². The van der Waals surface area contributed by atoms with Gasteiger partial charge in [-0.3, -0.25) is 0 Å². The van der Waals surface area contributed by atoms with Crippen molar-refractivity contribution >= 4 is 10.8 Å². The topological polar surface area (TPSA) is 81.4 Å². The molecule has 192 valence electrons. The van der Waals surface area contributed by atoms with E-state index in [2.05, 4.69) is 100 Å². The first kappa shape index (κ1) is 23.4. The van der Waals surface area contributed by atoms with Crippen molar-refractivity contribution in [3.63, 3.8) is 0 Å². The third-order valence-electron chi connectivity index (χ3n) is 8.22. The maximum Gasteiger partial charge on any atom is 0.124 e. The van der Waals surface area contributed by atoms with E-state index < -0.39 is 0 Å². The summed E-state index contributed by atoms with van der Waals surface area (Å²) >= 11 is 0. The lowest BCUT2D eigenvalue weighted by Gasteiger charge is -2.08. The Hall–Kier alpha value is -3.74. The third-order valence-corrected chi connectivity index (χ3v) is 8.22. The van der Waals surface area contributed by atoms with Crippen LogP contribution < -0.4 is 10.6 Å². The van der Waals surface area contributed by atoms with Gasteiger partial charge in [-0.15, -0.1) is 0 Å². The molecule has 3 aromatic carbocycles. The third kappa shape index (κ3) is 4.44. The predicted octanol–water partition coefficient (Wildman–Crippen LogP) is 6.63. The maximum atomic E-state index is 4.90. The molecule has 38 heavy (non-hydrogen) atoms. The molecule has 2 fully saturated rings. The SMILES string of the molecule is C[C@H]1CN[C@H](c2nc(-c3ccc4cc(-c5ccc(-c6cnc([C@@H]7C[C@@H](C)CN7)[nH]6)cc5)ccc4c3)c[nH]2)C1. The number of fused-ring (bicyclic) bond motifs is 1. The van der Waals surface area contributed by atoms with Crippen molar-refractivity contribution in [3.8, 4) is 33.6 Å². The van der Waals surface area contributed by atoms with Gasteiger partial charge in [0, 0.05) is 11.8 Å². The molecule has 4 atom stereocenters. The fourth-order valence-corrected chi connectivity index (χ4v) is 5.99. The van der Waals surface area contributed by atoms with E-state index in [0.29, 0.717) is 23.9 Å². The monoisotopic (exact) mass is 502 g/mol. The fourth-order valence-electron chi connectivity index (χ4n) is 5.99. The Balaban J connectivity index is 1.09. The second-order valence-corrected chi connectivity index (χ2v) is 11.3. The Morgan fingerprint density at radius 3 is 1.97 bits per heavy atom. The Morgan fingerprint density at radius 2 is 1.29 bits per heavy atom. The van der Waals surface area contributed by atoms with Crippen LogP contribution in [-0.2, 0) is 0 Å². The van der Waals surface area contributed by atoms with E-state index in [9.17, 15) is 0 Å². The summed E-state index contributed by atoms with van der Waals surface area (Å²) in [6.45, 7) is 6.69. The lowest BCUT2D eigenvalue weighted by atomic mass is 9.98. The van der Waals surface area contributed by atoms with Crippen molar-refractivity contribution in [2.45, 2.75) is 38.8 Å². The Bertz CT molecular complexity index is 1580. The zero-order chi connectivity index (χ0) is 25.6. The van der Waals surface area contributed by atoms with Gasteiger partial charge in [-0.25, -0.2) is 9.97 Å². The number of benzene rings is 3. The minimum Gasteiger partial charge on any atom is -0.347 e. The lowest BCUT2D eigenvalue weighted by molar-refractivity contribution is 0.588. The average Bonchev–Trinajstić information content (AvgIpc) is 3.75. The van der Waals surface area contributed by atoms with Crippen LogP contribution in [0.15, 0.2) is 73.1 Å². The lowest BCUT2D eigenvalue weighted by Crippen LogP contribution is -2.14. The van der Waals surface area contributed by atoms with Crippen molar-refractivity contribution in [3.05, 3.63) is 84.7 Å². The molecule has 0 bridgehead atoms. The number of aromatic amines is 2. The van der Waals surface area contributed by atoms with Gasteiger partial charge in [-0.05, 0) is 77.4 Å². The van der Waals surface area contributed by atoms with Crippen LogP contribution in [0.25, 0.3) is 44.4 Å². The predicted molar refractivity (Wildman–Crippen MR) is 154 cm³/mol. The summed E-state index contributed by atoms with van der Waals surface area (Å²) in [4.78, 5) is 16.5. The van der Waals surface area contributed by atoms with Crippen LogP contribution >= 0.6 is 0 Å². The standard InChI is InChI=1S/C32H34N6/c1-19-11-27(33-15-19)31-35-17-29(37-31)22-5-3-21(4-6-22)23-7-8-25-14-26(10-9-24(25)13-23)30-18-36-32(38-30)28-12-20(2)16-34-28/h3-10,13-14,17-20,27-28,33-34H,11-12,15-16H2,1-2H3,(H,35,37)(H,36,38)/t19-,20-,27+,28+/m1/s1. The molecule has 7 rings (SSSR count). The second kappa shape index (κ2) is 9.53. The molecular weight excluding hydrogens is 468 g/mol. The van der Waals surface area contributed by atoms with Crippen LogP contribution in [0.2, 0.25) is 0 Å². The maximum absolute atomic E-state index is 4.90. The molecule has 4 heterocycles. The van der Waals surface area contributed by atoms with Crippen LogP contribution in [-0.4, -0.2) is 33.0 Å². The molecule has 2 saturated heterocycles. The minimum atomic E-state index is 0.330. The van der Waals surface area contributed by atoms with Crippen molar-refractivity contribution < 1.29 is 0 Å². The highest BCUT2D eigenvalue weighted by Crippen LogP contribution is 2.32. The van der Waals surface area contributed by atoms with E-state index in [1.807, 2.05) is 12.4 Å². The Labute approximate surface area is 223 Å². The fraction of sp³-hybridized carbons (Fsp3) is 0.312. The quantitative estimate of drug-likeness (QED) is 0.217. The van der Waals surface area contributed by atoms with Crippen molar-refractivity contribution in [2.75, 3.05) is 13.1 Å². The summed E-state index contributed by atoms with van der Waals surface area (Å²) in [6, 6.07) is 22.7. The van der Waals surface area contributed by atoms with E-state index in [4.69, 9.17) is 4.98 Å². The minimum absolute atomic E-state index is 0.330. The van der Waals surface area contributed by atoms with E-state index >= 15 is 0 Å². The van der Waals surface area contributed by atoms with E-state index in [-0.39, 0.29) is 0 Å². The molecule has 5 aromatic rings. The molecule has 6 heteroatoms. The number of H-pyrrole nitrogens is 2. The van der Waals surface area contributed by atoms with Crippen LogP contribution in [0.4, 0.5) is 0 Å². The van der Waals surface area contributed by atoms with Gasteiger partial charge in [0.15, 0.2) is 0 Å². The molecular formula is C32H34N6. The number of hydrogen-bond donors (Lipinski definition) is 4. The van der Waals surface area contributed by atoms with Crippen LogP contribution in [0, 0.1) is 11.8 Å². The highest BCUT2D eigenvalue weighted by Gasteiger charge is 2.25. The van der Waals surface area contributed by atoms with Gasteiger partial charge in [-0.1, -0.05) is 62.4 Å². The summed E-state index contributed by atoms with van der Waals surface area (Å²) in [6.07, 6.45) is 6.25. The van der Waals surface area contributed by atoms with Crippen LogP contribution in [0.1, 0.15) is 50.4 Å². The molecule has 4 N–H and O–H groups in total. The van der Waals surface area contributed by atoms with Gasteiger partial charge < -0.3 is 20.6 Å². The summed E-state index contributed by atoms with van der Waals surface area (Å²) in [5.41, 5.74) is 6.80. The van der Waals surface area contributed by atoms with Crippen LogP contribution in [0.3, 0.4) is 0 Å². The Morgan fingerprint density at radius 1 is 0.684 bits per heavy atom. The van der Waals surface area contributed by atoms with Crippen molar-refractivity contribution in [2.24, 2.45) is 11.8 Å². The number of aromatic nitrogens is 4. The molecule has 0 spiro atoms. The number of nitrogens with zero attached hydrogens (tertiary/aromatic N) is 2. The number of nitrogens with one attached hydrogen (secondary N) is 4. The van der Waals surface area contributed by atoms with Crippen molar-refractivity contribution in [1.82, 2.24) is 30.6 Å². The first-order chi connectivity index (χ1) is 18.6. The second-order valence-electron chi connectivity index (χ2n) is 11.3. The zero-order valence-electron chi connectivity index (χ0n) is 22.0. The van der Waals surface area contributed by atoms with Gasteiger partial charge in [0.2, 0.25) is 0 Å². The van der Waals surface area contributed by atoms with Gasteiger partial charge in [0.05, 0.1) is 29.7 Å². The molecule has 6 nitrogen and oxygen atoms in total. The number of hydrogen-bond acceptors (Lipinski definition) is 4. The summed E-state index contributed by atoms with van der Waals surface area (Å²) in [7, 11) is 0. The first-order valence-corrected chi connectivity index (χ1v) is 13.8. The zero-order valence-corrected chi connectivity index (χ0v) is 22.0. The normalized spacial score (nSPS) is 23.4. The smallest absolute Gasteiger partial charge is 0.124 e. The molecule has 2 aromatic heterocycles. The molecule has 2 aliphatic heterocycles. The summed E-state index contributed by atoms with van der Waals surface area (Å²) in [5.74, 6) is 3.47. The molecule has 0 aliphatic carbocycles. The molecule has 0 saturated carbocycles. The molecule has 0 radical (unpaired) electrons. The van der Waals surface area contributed by atoms with Crippen molar-refractivity contribution in [1.29, 1.82) is 0 Å². The summed E-state index contributed by atoms with van der Waals surface area (Å²) < 4.78 is 0. The Kier molecular flexibility index (Phi) is 5.87. The highest BCUT2D eigenvalue weighted by molar-refractivity contribution is 5.90. The molecule has 0 amide bonds. The van der Waals surface area contributed by atoms with Gasteiger partial charge in [-0.2, -0.15) is 0 Å². The van der Waals surface area contributed by atoms with E-state index in [0.717, 1.165) is 60.1 Å². The van der Waals surface area contributed by atoms with Gasteiger partial charge in [0.1, 0.15) is 11.6 Å². The summed E-state index contributed by atoms with van der Waals surface area (Å²) in [5, 5.41) is 9.57. The average molecular weight is 503 g/mol. The van der Waals surface area contributed by atoms with Gasteiger partial charge in [0.25, 0.3) is 0 Å². The van der Waals surface area contributed by atoms with E-state index in [1.165, 1.54) is 21.9 Å². The number of imidazole rings is 2. The molecule has 2 aliphatic rings. The van der Waals surface area contributed by atoms with E-state index in [1.54, 1.807) is 0 Å². The highest BCUT2D eigenvalue weighted by atomic mass is 15.0.